The van der Waals surface area contributed by atoms with Gasteiger partial charge in [0.2, 0.25) is 0 Å². The zero-order chi connectivity index (χ0) is 23.2. The molecule has 3 rings (SSSR count). The highest BCUT2D eigenvalue weighted by Gasteiger charge is 2.40. The highest BCUT2D eigenvalue weighted by molar-refractivity contribution is 6.30. The minimum atomic E-state index is -4.66. The predicted octanol–water partition coefficient (Wildman–Crippen LogP) is 3.22. The minimum absolute atomic E-state index is 0.0974. The van der Waals surface area contributed by atoms with E-state index in [1.54, 1.807) is 6.07 Å². The molecule has 1 saturated heterocycles. The number of aryl methyl sites for hydroxylation is 1. The lowest BCUT2D eigenvalue weighted by Crippen LogP contribution is -2.44. The van der Waals surface area contributed by atoms with Crippen LogP contribution in [0.4, 0.5) is 13.2 Å². The van der Waals surface area contributed by atoms with Crippen LogP contribution in [0, 0.1) is 5.92 Å². The van der Waals surface area contributed by atoms with Crippen LogP contribution < -0.4 is 5.73 Å². The molecule has 1 atom stereocenters. The molecular formula is C20H24ClF3N4O3. The Labute approximate surface area is 182 Å². The molecule has 0 saturated carbocycles. The number of amides is 1. The number of hydrogen-bond acceptors (Lipinski definition) is 4. The summed E-state index contributed by atoms with van der Waals surface area (Å²) in [5.74, 6) is -0.443. The summed E-state index contributed by atoms with van der Waals surface area (Å²) in [4.78, 5) is 22.4. The summed E-state index contributed by atoms with van der Waals surface area (Å²) in [6.07, 6.45) is -1.57. The molecule has 3 N–H and O–H groups in total. The molecule has 1 aromatic carbocycles. The Balaban J connectivity index is 0.00000107. The Kier molecular flexibility index (Phi) is 8.46. The van der Waals surface area contributed by atoms with Gasteiger partial charge >= 0.3 is 6.18 Å². The standard InChI is InChI=1S/C19H22ClF3N4O.CH2O2/c1-26-11-15(17(25-26)19(21,22)23)18(28)27-7-5-13(6-8-27)16(24)10-12-3-2-4-14(20)9-12;2-1-3/h2-4,9,11,13,16H,5-8,10,24H2,1H3;1H,(H,2,3). The second-order valence-corrected chi connectivity index (χ2v) is 7.73. The number of benzene rings is 1. The van der Waals surface area contributed by atoms with Crippen molar-refractivity contribution in [3.8, 4) is 0 Å². The van der Waals surface area contributed by atoms with E-state index in [-0.39, 0.29) is 18.4 Å². The number of halogens is 4. The average molecular weight is 461 g/mol. The Bertz CT molecular complexity index is 896. The fourth-order valence-corrected chi connectivity index (χ4v) is 3.87. The lowest BCUT2D eigenvalue weighted by molar-refractivity contribution is -0.141. The number of likely N-dealkylation sites (tertiary alicyclic amines) is 1. The van der Waals surface area contributed by atoms with Crippen molar-refractivity contribution in [3.05, 3.63) is 52.3 Å². The van der Waals surface area contributed by atoms with E-state index in [0.717, 1.165) is 16.4 Å². The first-order valence-electron chi connectivity index (χ1n) is 9.54. The van der Waals surface area contributed by atoms with E-state index in [0.29, 0.717) is 37.4 Å². The Morgan fingerprint density at radius 1 is 1.39 bits per heavy atom. The maximum atomic E-state index is 13.1. The molecule has 1 fully saturated rings. The van der Waals surface area contributed by atoms with Crippen molar-refractivity contribution in [2.45, 2.75) is 31.5 Å². The zero-order valence-corrected chi connectivity index (χ0v) is 17.6. The molecule has 1 aromatic heterocycles. The number of carboxylic acid groups (broad SMARTS) is 1. The summed E-state index contributed by atoms with van der Waals surface area (Å²) in [6, 6.07) is 7.42. The maximum absolute atomic E-state index is 13.1. The first kappa shape index (κ1) is 24.7. The van der Waals surface area contributed by atoms with Crippen LogP contribution in [-0.2, 0) is 24.4 Å². The topological polar surface area (TPSA) is 101 Å². The Morgan fingerprint density at radius 3 is 2.55 bits per heavy atom. The van der Waals surface area contributed by atoms with Crippen molar-refractivity contribution < 1.29 is 27.9 Å². The Hall–Kier alpha value is -2.59. The van der Waals surface area contributed by atoms with Gasteiger partial charge in [-0.2, -0.15) is 18.3 Å². The maximum Gasteiger partial charge on any atom is 0.435 e. The first-order valence-corrected chi connectivity index (χ1v) is 9.92. The van der Waals surface area contributed by atoms with Crippen molar-refractivity contribution >= 4 is 24.0 Å². The van der Waals surface area contributed by atoms with Crippen LogP contribution in [0.3, 0.4) is 0 Å². The van der Waals surface area contributed by atoms with Gasteiger partial charge in [-0.1, -0.05) is 23.7 Å². The van der Waals surface area contributed by atoms with Gasteiger partial charge in [-0.25, -0.2) is 0 Å². The normalized spacial score (nSPS) is 15.7. The molecule has 2 aromatic rings. The molecule has 31 heavy (non-hydrogen) atoms. The molecule has 0 bridgehead atoms. The summed E-state index contributed by atoms with van der Waals surface area (Å²) in [6.45, 7) is 0.498. The van der Waals surface area contributed by atoms with E-state index in [1.807, 2.05) is 18.2 Å². The number of aromatic nitrogens is 2. The number of carbonyl (C=O) groups excluding carboxylic acids is 1. The van der Waals surface area contributed by atoms with Crippen LogP contribution in [0.1, 0.15) is 34.5 Å². The van der Waals surface area contributed by atoms with Crippen molar-refractivity contribution in [1.29, 1.82) is 0 Å². The van der Waals surface area contributed by atoms with E-state index in [1.165, 1.54) is 11.9 Å². The van der Waals surface area contributed by atoms with Gasteiger partial charge in [-0.15, -0.1) is 0 Å². The number of nitrogens with two attached hydrogens (primary N) is 1. The average Bonchev–Trinajstić information content (AvgIpc) is 3.10. The summed E-state index contributed by atoms with van der Waals surface area (Å²) >= 11 is 6.00. The molecule has 0 spiro atoms. The molecule has 170 valence electrons. The number of hydrogen-bond donors (Lipinski definition) is 2. The van der Waals surface area contributed by atoms with Crippen molar-refractivity contribution in [3.63, 3.8) is 0 Å². The quantitative estimate of drug-likeness (QED) is 0.682. The van der Waals surface area contributed by atoms with Gasteiger partial charge in [0.25, 0.3) is 12.4 Å². The summed E-state index contributed by atoms with van der Waals surface area (Å²) < 4.78 is 40.4. The third-order valence-corrected chi connectivity index (χ3v) is 5.36. The largest absolute Gasteiger partial charge is 0.483 e. The molecule has 1 unspecified atom stereocenters. The second kappa shape index (κ2) is 10.6. The fourth-order valence-electron chi connectivity index (χ4n) is 3.66. The molecule has 1 aliphatic heterocycles. The van der Waals surface area contributed by atoms with Gasteiger partial charge in [-0.3, -0.25) is 14.3 Å². The molecule has 0 radical (unpaired) electrons. The lowest BCUT2D eigenvalue weighted by Gasteiger charge is -2.35. The van der Waals surface area contributed by atoms with E-state index in [9.17, 15) is 18.0 Å². The summed E-state index contributed by atoms with van der Waals surface area (Å²) in [5.41, 5.74) is 5.84. The van der Waals surface area contributed by atoms with Crippen LogP contribution in [0.5, 0.6) is 0 Å². The molecule has 0 aliphatic carbocycles. The molecule has 1 aliphatic rings. The predicted molar refractivity (Wildman–Crippen MR) is 109 cm³/mol. The van der Waals surface area contributed by atoms with Crippen LogP contribution in [0.25, 0.3) is 0 Å². The van der Waals surface area contributed by atoms with E-state index >= 15 is 0 Å². The fraction of sp³-hybridized carbons (Fsp3) is 0.450. The van der Waals surface area contributed by atoms with Crippen molar-refractivity contribution in [1.82, 2.24) is 14.7 Å². The van der Waals surface area contributed by atoms with Gasteiger partial charge in [0, 0.05) is 37.4 Å². The summed E-state index contributed by atoms with van der Waals surface area (Å²) in [7, 11) is 1.37. The number of nitrogens with zero attached hydrogens (tertiary/aromatic N) is 3. The SMILES string of the molecule is Cn1cc(C(=O)N2CCC(C(N)Cc3cccc(Cl)c3)CC2)c(C(F)(F)F)n1.O=CO. The highest BCUT2D eigenvalue weighted by Crippen LogP contribution is 2.32. The van der Waals surface area contributed by atoms with Gasteiger partial charge < -0.3 is 15.7 Å². The van der Waals surface area contributed by atoms with Crippen LogP contribution >= 0.6 is 11.6 Å². The van der Waals surface area contributed by atoms with Gasteiger partial charge in [0.1, 0.15) is 0 Å². The van der Waals surface area contributed by atoms with Gasteiger partial charge in [-0.05, 0) is 42.9 Å². The molecular weight excluding hydrogens is 437 g/mol. The third kappa shape index (κ3) is 6.70. The van der Waals surface area contributed by atoms with Crippen molar-refractivity contribution in [2.75, 3.05) is 13.1 Å². The first-order chi connectivity index (χ1) is 14.6. The third-order valence-electron chi connectivity index (χ3n) is 5.12. The molecule has 11 heteroatoms. The minimum Gasteiger partial charge on any atom is -0.483 e. The smallest absolute Gasteiger partial charge is 0.435 e. The van der Waals surface area contributed by atoms with E-state index in [2.05, 4.69) is 5.10 Å². The van der Waals surface area contributed by atoms with Crippen molar-refractivity contribution in [2.24, 2.45) is 18.7 Å². The van der Waals surface area contributed by atoms with E-state index in [4.69, 9.17) is 27.2 Å². The van der Waals surface area contributed by atoms with Crippen LogP contribution in [0.2, 0.25) is 5.02 Å². The zero-order valence-electron chi connectivity index (χ0n) is 16.8. The number of rotatable bonds is 4. The van der Waals surface area contributed by atoms with Crippen LogP contribution in [-0.4, -0.2) is 51.3 Å². The second-order valence-electron chi connectivity index (χ2n) is 7.30. The number of piperidine rings is 1. The molecule has 1 amide bonds. The lowest BCUT2D eigenvalue weighted by atomic mass is 9.86. The van der Waals surface area contributed by atoms with Gasteiger partial charge in [0.15, 0.2) is 5.69 Å². The summed E-state index contributed by atoms with van der Waals surface area (Å²) in [5, 5.41) is 11.0. The van der Waals surface area contributed by atoms with Gasteiger partial charge in [0.05, 0.1) is 5.56 Å². The van der Waals surface area contributed by atoms with Crippen LogP contribution in [0.15, 0.2) is 30.5 Å². The monoisotopic (exact) mass is 460 g/mol. The number of carbonyl (C=O) groups is 2. The Morgan fingerprint density at radius 2 is 2.00 bits per heavy atom. The van der Waals surface area contributed by atoms with E-state index < -0.39 is 23.3 Å². The number of alkyl halides is 3. The molecule has 7 nitrogen and oxygen atoms in total. The molecule has 2 heterocycles. The highest BCUT2D eigenvalue weighted by atomic mass is 35.5.